The lowest BCUT2D eigenvalue weighted by Gasteiger charge is -2.21. The summed E-state index contributed by atoms with van der Waals surface area (Å²) in [6.45, 7) is 0.391. The van der Waals surface area contributed by atoms with Crippen molar-refractivity contribution >= 4 is 16.0 Å². The van der Waals surface area contributed by atoms with Crippen molar-refractivity contribution in [3.05, 3.63) is 102 Å². The predicted molar refractivity (Wildman–Crippen MR) is 118 cm³/mol. The Morgan fingerprint density at radius 2 is 1.64 bits per heavy atom. The zero-order valence-electron chi connectivity index (χ0n) is 17.7. The standard InChI is InChI=1S/C24H21NO7S/c1-29-19-9-11-22(12-10-19)33(27,28)32-20-6-2-5-18(15-20)16-25(17-21-7-3-13-30-21)24(26)23-8-4-14-31-23/h2-15H,16-17H2,1H3. The molecule has 2 aromatic heterocycles. The highest BCUT2D eigenvalue weighted by Gasteiger charge is 2.21. The number of ether oxygens (including phenoxy) is 1. The van der Waals surface area contributed by atoms with Gasteiger partial charge in [0.05, 0.1) is 26.2 Å². The summed E-state index contributed by atoms with van der Waals surface area (Å²) in [7, 11) is -2.55. The summed E-state index contributed by atoms with van der Waals surface area (Å²) in [5.41, 5.74) is 0.670. The minimum atomic E-state index is -4.04. The third-order valence-corrected chi connectivity index (χ3v) is 6.03. The van der Waals surface area contributed by atoms with Gasteiger partial charge in [0.2, 0.25) is 0 Å². The molecule has 0 saturated heterocycles. The van der Waals surface area contributed by atoms with Crippen LogP contribution in [0.4, 0.5) is 0 Å². The van der Waals surface area contributed by atoms with Crippen LogP contribution in [0.1, 0.15) is 21.9 Å². The van der Waals surface area contributed by atoms with Gasteiger partial charge in [-0.2, -0.15) is 8.42 Å². The van der Waals surface area contributed by atoms with Crippen molar-refractivity contribution in [1.82, 2.24) is 4.90 Å². The van der Waals surface area contributed by atoms with Crippen LogP contribution in [0, 0.1) is 0 Å². The summed E-state index contributed by atoms with van der Waals surface area (Å²) in [5, 5.41) is 0. The fourth-order valence-corrected chi connectivity index (χ4v) is 4.10. The number of hydrogen-bond donors (Lipinski definition) is 0. The van der Waals surface area contributed by atoms with E-state index in [0.29, 0.717) is 17.1 Å². The summed E-state index contributed by atoms with van der Waals surface area (Å²) in [6, 6.07) is 19.2. The van der Waals surface area contributed by atoms with Crippen molar-refractivity contribution in [3.63, 3.8) is 0 Å². The van der Waals surface area contributed by atoms with Gasteiger partial charge in [-0.3, -0.25) is 4.79 Å². The van der Waals surface area contributed by atoms with Crippen LogP contribution in [0.15, 0.2) is 99.1 Å². The molecule has 0 saturated carbocycles. The molecule has 0 unspecified atom stereocenters. The van der Waals surface area contributed by atoms with Gasteiger partial charge in [-0.05, 0) is 66.2 Å². The molecule has 4 aromatic rings. The second-order valence-electron chi connectivity index (χ2n) is 7.08. The zero-order valence-corrected chi connectivity index (χ0v) is 18.5. The summed E-state index contributed by atoms with van der Waals surface area (Å²) in [5.74, 6) is 1.13. The first-order valence-corrected chi connectivity index (χ1v) is 11.4. The average molecular weight is 467 g/mol. The monoisotopic (exact) mass is 467 g/mol. The van der Waals surface area contributed by atoms with E-state index in [1.165, 1.54) is 42.7 Å². The van der Waals surface area contributed by atoms with Gasteiger partial charge in [0.1, 0.15) is 22.2 Å². The molecule has 0 aliphatic carbocycles. The van der Waals surface area contributed by atoms with E-state index in [4.69, 9.17) is 17.8 Å². The first-order valence-electron chi connectivity index (χ1n) is 9.97. The lowest BCUT2D eigenvalue weighted by Crippen LogP contribution is -2.29. The van der Waals surface area contributed by atoms with E-state index in [1.807, 2.05) is 0 Å². The van der Waals surface area contributed by atoms with Crippen LogP contribution >= 0.6 is 0 Å². The van der Waals surface area contributed by atoms with E-state index in [9.17, 15) is 13.2 Å². The molecule has 0 radical (unpaired) electrons. The van der Waals surface area contributed by atoms with Gasteiger partial charge >= 0.3 is 10.1 Å². The number of methoxy groups -OCH3 is 1. The third kappa shape index (κ3) is 5.45. The van der Waals surface area contributed by atoms with E-state index in [1.54, 1.807) is 54.6 Å². The molecule has 170 valence electrons. The molecule has 9 heteroatoms. The van der Waals surface area contributed by atoms with Crippen molar-refractivity contribution in [1.29, 1.82) is 0 Å². The lowest BCUT2D eigenvalue weighted by molar-refractivity contribution is 0.0685. The van der Waals surface area contributed by atoms with Crippen LogP contribution in [0.25, 0.3) is 0 Å². The highest BCUT2D eigenvalue weighted by atomic mass is 32.2. The molecule has 4 rings (SSSR count). The van der Waals surface area contributed by atoms with Crippen molar-refractivity contribution in [2.75, 3.05) is 7.11 Å². The molecule has 0 atom stereocenters. The normalized spacial score (nSPS) is 11.2. The Morgan fingerprint density at radius 3 is 2.30 bits per heavy atom. The topological polar surface area (TPSA) is 99.2 Å². The van der Waals surface area contributed by atoms with Gasteiger partial charge < -0.3 is 22.7 Å². The van der Waals surface area contributed by atoms with Gasteiger partial charge in [0, 0.05) is 6.54 Å². The maximum Gasteiger partial charge on any atom is 0.339 e. The van der Waals surface area contributed by atoms with Crippen LogP contribution in [-0.2, 0) is 23.2 Å². The van der Waals surface area contributed by atoms with Crippen molar-refractivity contribution < 1.29 is 31.0 Å². The zero-order chi connectivity index (χ0) is 23.3. The Labute approximate surface area is 191 Å². The SMILES string of the molecule is COc1ccc(S(=O)(=O)Oc2cccc(CN(Cc3ccco3)C(=O)c3ccco3)c2)cc1. The number of nitrogens with zero attached hydrogens (tertiary/aromatic N) is 1. The molecule has 0 aliphatic rings. The van der Waals surface area contributed by atoms with E-state index in [2.05, 4.69) is 0 Å². The maximum absolute atomic E-state index is 12.9. The fourth-order valence-electron chi connectivity index (χ4n) is 3.18. The largest absolute Gasteiger partial charge is 0.497 e. The van der Waals surface area contributed by atoms with Crippen LogP contribution < -0.4 is 8.92 Å². The second kappa shape index (κ2) is 9.66. The number of hydrogen-bond acceptors (Lipinski definition) is 7. The van der Waals surface area contributed by atoms with Gasteiger partial charge in [0.25, 0.3) is 5.91 Å². The smallest absolute Gasteiger partial charge is 0.339 e. The Morgan fingerprint density at radius 1 is 0.879 bits per heavy atom. The molecule has 0 bridgehead atoms. The van der Waals surface area contributed by atoms with Gasteiger partial charge in [-0.1, -0.05) is 12.1 Å². The summed E-state index contributed by atoms with van der Waals surface area (Å²) < 4.78 is 46.3. The quantitative estimate of drug-likeness (QED) is 0.334. The first kappa shape index (κ1) is 22.2. The molecule has 0 spiro atoms. The molecule has 0 N–H and O–H groups in total. The average Bonchev–Trinajstić information content (AvgIpc) is 3.53. The van der Waals surface area contributed by atoms with E-state index in [0.717, 1.165) is 0 Å². The minimum absolute atomic E-state index is 0.00106. The van der Waals surface area contributed by atoms with Crippen LogP contribution in [0.5, 0.6) is 11.5 Å². The molecule has 8 nitrogen and oxygen atoms in total. The number of carbonyl (C=O) groups is 1. The van der Waals surface area contributed by atoms with E-state index >= 15 is 0 Å². The maximum atomic E-state index is 12.9. The fraction of sp³-hybridized carbons (Fsp3) is 0.125. The van der Waals surface area contributed by atoms with Crippen LogP contribution in [0.2, 0.25) is 0 Å². The second-order valence-corrected chi connectivity index (χ2v) is 8.62. The number of rotatable bonds is 9. The number of carbonyl (C=O) groups excluding carboxylic acids is 1. The lowest BCUT2D eigenvalue weighted by atomic mass is 10.2. The van der Waals surface area contributed by atoms with E-state index < -0.39 is 10.1 Å². The molecular formula is C24H21NO7S. The molecule has 1 amide bonds. The summed E-state index contributed by atoms with van der Waals surface area (Å²) in [4.78, 5) is 14.5. The molecule has 2 heterocycles. The first-order chi connectivity index (χ1) is 15.9. The molecule has 0 aliphatic heterocycles. The highest BCUT2D eigenvalue weighted by molar-refractivity contribution is 7.87. The predicted octanol–water partition coefficient (Wildman–Crippen LogP) is 4.49. The van der Waals surface area contributed by atoms with Crippen LogP contribution in [-0.4, -0.2) is 26.3 Å². The molecule has 0 fully saturated rings. The Hall–Kier alpha value is -3.98. The highest BCUT2D eigenvalue weighted by Crippen LogP contribution is 2.23. The van der Waals surface area contributed by atoms with Crippen LogP contribution in [0.3, 0.4) is 0 Å². The van der Waals surface area contributed by atoms with E-state index in [-0.39, 0.29) is 35.4 Å². The van der Waals surface area contributed by atoms with Gasteiger partial charge in [0.15, 0.2) is 5.76 Å². The molecular weight excluding hydrogens is 446 g/mol. The van der Waals surface area contributed by atoms with Crippen molar-refractivity contribution in [3.8, 4) is 11.5 Å². The van der Waals surface area contributed by atoms with Crippen molar-refractivity contribution in [2.45, 2.75) is 18.0 Å². The number of furan rings is 2. The minimum Gasteiger partial charge on any atom is -0.497 e. The Bertz CT molecular complexity index is 1300. The Balaban J connectivity index is 1.54. The van der Waals surface area contributed by atoms with Gasteiger partial charge in [-0.25, -0.2) is 0 Å². The number of amides is 1. The molecule has 33 heavy (non-hydrogen) atoms. The summed E-state index contributed by atoms with van der Waals surface area (Å²) >= 11 is 0. The molecule has 2 aromatic carbocycles. The van der Waals surface area contributed by atoms with Gasteiger partial charge in [-0.15, -0.1) is 0 Å². The summed E-state index contributed by atoms with van der Waals surface area (Å²) in [6.07, 6.45) is 2.96. The number of benzene rings is 2. The Kier molecular flexibility index (Phi) is 6.50. The third-order valence-electron chi connectivity index (χ3n) is 4.77. The van der Waals surface area contributed by atoms with Crippen molar-refractivity contribution in [2.24, 2.45) is 0 Å².